The maximum absolute atomic E-state index is 12.5. The Bertz CT molecular complexity index is 489. The van der Waals surface area contributed by atoms with Gasteiger partial charge in [0.25, 0.3) is 0 Å². The van der Waals surface area contributed by atoms with Crippen LogP contribution in [0.3, 0.4) is 0 Å². The maximum Gasteiger partial charge on any atom is 0.433 e. The minimum atomic E-state index is -4.40. The zero-order valence-electron chi connectivity index (χ0n) is 8.23. The summed E-state index contributed by atoms with van der Waals surface area (Å²) in [4.78, 5) is 0. The number of hydrogen-bond donors (Lipinski definition) is 0. The van der Waals surface area contributed by atoms with Gasteiger partial charge in [-0.25, -0.2) is 0 Å². The lowest BCUT2D eigenvalue weighted by atomic mass is 10.2. The van der Waals surface area contributed by atoms with E-state index in [0.717, 1.165) is 10.7 Å². The van der Waals surface area contributed by atoms with Gasteiger partial charge in [-0.15, -0.1) is 0 Å². The molecule has 0 saturated carbocycles. The molecule has 0 spiro atoms. The second kappa shape index (κ2) is 3.58. The van der Waals surface area contributed by atoms with Gasteiger partial charge in [-0.05, 0) is 12.1 Å². The number of hydrogen-bond acceptors (Lipinski definition) is 3. The van der Waals surface area contributed by atoms with Crippen molar-refractivity contribution in [1.82, 2.24) is 20.0 Å². The average Bonchev–Trinajstić information content (AvgIpc) is 2.61. The molecule has 2 aromatic rings. The second-order valence-corrected chi connectivity index (χ2v) is 3.17. The minimum absolute atomic E-state index is 0.227. The summed E-state index contributed by atoms with van der Waals surface area (Å²) in [5, 5.41) is 10.9. The molecule has 0 atom stereocenters. The van der Waals surface area contributed by atoms with Crippen LogP contribution in [0, 0.1) is 0 Å². The monoisotopic (exact) mass is 228 g/mol. The summed E-state index contributed by atoms with van der Waals surface area (Å²) in [6, 6.07) is 2.53. The first-order valence-electron chi connectivity index (χ1n) is 4.37. The quantitative estimate of drug-likeness (QED) is 0.748. The molecule has 7 heteroatoms. The first-order valence-corrected chi connectivity index (χ1v) is 4.37. The topological polar surface area (TPSA) is 43.6 Å². The average molecular weight is 228 g/mol. The molecule has 0 aliphatic carbocycles. The van der Waals surface area contributed by atoms with E-state index in [9.17, 15) is 13.2 Å². The lowest BCUT2D eigenvalue weighted by molar-refractivity contribution is -0.143. The summed E-state index contributed by atoms with van der Waals surface area (Å²) in [6.45, 7) is 0. The van der Waals surface area contributed by atoms with Crippen molar-refractivity contribution < 1.29 is 13.2 Å². The summed E-state index contributed by atoms with van der Waals surface area (Å²) in [7, 11) is 1.25. The largest absolute Gasteiger partial charge is 0.433 e. The van der Waals surface area contributed by atoms with Gasteiger partial charge in [-0.3, -0.25) is 4.68 Å². The van der Waals surface area contributed by atoms with Crippen LogP contribution in [-0.4, -0.2) is 20.0 Å². The van der Waals surface area contributed by atoms with Crippen LogP contribution < -0.4 is 0 Å². The van der Waals surface area contributed by atoms with E-state index in [1.807, 2.05) is 0 Å². The Labute approximate surface area is 88.7 Å². The Morgan fingerprint density at radius 3 is 2.50 bits per heavy atom. The van der Waals surface area contributed by atoms with Gasteiger partial charge in [-0.1, -0.05) is 0 Å². The zero-order valence-corrected chi connectivity index (χ0v) is 8.23. The van der Waals surface area contributed by atoms with Crippen molar-refractivity contribution in [3.05, 3.63) is 30.2 Å². The molecule has 0 unspecified atom stereocenters. The van der Waals surface area contributed by atoms with E-state index in [2.05, 4.69) is 15.3 Å². The van der Waals surface area contributed by atoms with Crippen LogP contribution in [0.1, 0.15) is 5.69 Å². The summed E-state index contributed by atoms with van der Waals surface area (Å²) < 4.78 is 38.3. The van der Waals surface area contributed by atoms with Crippen LogP contribution in [0.4, 0.5) is 13.2 Å². The van der Waals surface area contributed by atoms with Gasteiger partial charge in [-0.2, -0.15) is 28.5 Å². The van der Waals surface area contributed by atoms with Crippen molar-refractivity contribution in [2.45, 2.75) is 6.18 Å². The van der Waals surface area contributed by atoms with Gasteiger partial charge in [0, 0.05) is 12.6 Å². The Morgan fingerprint density at radius 2 is 2.00 bits per heavy atom. The fraction of sp³-hybridized carbons (Fsp3) is 0.222. The summed E-state index contributed by atoms with van der Waals surface area (Å²) >= 11 is 0. The van der Waals surface area contributed by atoms with Crippen molar-refractivity contribution >= 4 is 0 Å². The van der Waals surface area contributed by atoms with Crippen LogP contribution in [-0.2, 0) is 13.2 Å². The Hall–Kier alpha value is -1.92. The van der Waals surface area contributed by atoms with E-state index in [4.69, 9.17) is 0 Å². The number of rotatable bonds is 1. The maximum atomic E-state index is 12.5. The molecule has 16 heavy (non-hydrogen) atoms. The summed E-state index contributed by atoms with van der Waals surface area (Å²) in [6.07, 6.45) is -1.64. The molecule has 0 saturated heterocycles. The highest BCUT2D eigenvalue weighted by Crippen LogP contribution is 2.31. The number of aromatic nitrogens is 4. The van der Waals surface area contributed by atoms with E-state index in [1.54, 1.807) is 6.07 Å². The number of nitrogens with zero attached hydrogens (tertiary/aromatic N) is 4. The second-order valence-electron chi connectivity index (χ2n) is 3.17. The predicted octanol–water partition coefficient (Wildman–Crippen LogP) is 1.90. The summed E-state index contributed by atoms with van der Waals surface area (Å²) in [5.41, 5.74) is -0.0647. The molecule has 0 amide bonds. The van der Waals surface area contributed by atoms with Crippen molar-refractivity contribution in [3.8, 4) is 11.3 Å². The van der Waals surface area contributed by atoms with E-state index in [-0.39, 0.29) is 5.69 Å². The molecule has 84 valence electrons. The summed E-state index contributed by atoms with van der Waals surface area (Å²) in [5.74, 6) is 0. The third kappa shape index (κ3) is 1.88. The van der Waals surface area contributed by atoms with Crippen LogP contribution in [0.25, 0.3) is 11.3 Å². The van der Waals surface area contributed by atoms with Gasteiger partial charge in [0.1, 0.15) is 5.69 Å². The highest BCUT2D eigenvalue weighted by atomic mass is 19.4. The van der Waals surface area contributed by atoms with E-state index in [1.165, 1.54) is 19.4 Å². The van der Waals surface area contributed by atoms with Crippen LogP contribution in [0.5, 0.6) is 0 Å². The van der Waals surface area contributed by atoms with Gasteiger partial charge < -0.3 is 0 Å². The minimum Gasteiger partial charge on any atom is -0.263 e. The number of halogens is 3. The first-order chi connectivity index (χ1) is 7.48. The molecule has 0 radical (unpaired) electrons. The van der Waals surface area contributed by atoms with Crippen molar-refractivity contribution in [1.29, 1.82) is 0 Å². The van der Waals surface area contributed by atoms with Crippen molar-refractivity contribution in [2.75, 3.05) is 0 Å². The van der Waals surface area contributed by atoms with E-state index in [0.29, 0.717) is 5.56 Å². The molecular formula is C9H7F3N4. The molecule has 0 aliphatic heterocycles. The highest BCUT2D eigenvalue weighted by Gasteiger charge is 2.35. The molecule has 4 nitrogen and oxygen atoms in total. The number of alkyl halides is 3. The zero-order chi connectivity index (χ0) is 11.8. The molecular weight excluding hydrogens is 221 g/mol. The smallest absolute Gasteiger partial charge is 0.263 e. The third-order valence-corrected chi connectivity index (χ3v) is 2.05. The van der Waals surface area contributed by atoms with E-state index >= 15 is 0 Å². The molecule has 2 heterocycles. The third-order valence-electron chi connectivity index (χ3n) is 2.05. The Balaban J connectivity index is 2.47. The Kier molecular flexibility index (Phi) is 2.37. The van der Waals surface area contributed by atoms with Gasteiger partial charge in [0.15, 0.2) is 0 Å². The molecule has 0 bridgehead atoms. The highest BCUT2D eigenvalue weighted by molar-refractivity contribution is 5.57. The predicted molar refractivity (Wildman–Crippen MR) is 49.2 cm³/mol. The molecule has 2 aromatic heterocycles. The first kappa shape index (κ1) is 10.6. The number of aryl methyl sites for hydroxylation is 1. The fourth-order valence-electron chi connectivity index (χ4n) is 1.32. The Morgan fingerprint density at radius 1 is 1.25 bits per heavy atom. The lowest BCUT2D eigenvalue weighted by Gasteiger charge is -2.04. The fourth-order valence-corrected chi connectivity index (χ4v) is 1.32. The lowest BCUT2D eigenvalue weighted by Crippen LogP contribution is -2.11. The van der Waals surface area contributed by atoms with Crippen molar-refractivity contribution in [3.63, 3.8) is 0 Å². The van der Waals surface area contributed by atoms with Gasteiger partial charge >= 0.3 is 6.18 Å². The van der Waals surface area contributed by atoms with Crippen LogP contribution >= 0.6 is 0 Å². The molecule has 0 aromatic carbocycles. The molecule has 0 N–H and O–H groups in total. The standard InChI is InChI=1S/C9H7F3N4/c1-16-8(9(10,11)12)4-7(15-16)6-2-3-13-14-5-6/h2-5H,1H3. The van der Waals surface area contributed by atoms with Gasteiger partial charge in [0.05, 0.1) is 18.1 Å². The molecule has 0 fully saturated rings. The van der Waals surface area contributed by atoms with E-state index < -0.39 is 11.9 Å². The van der Waals surface area contributed by atoms with Crippen LogP contribution in [0.2, 0.25) is 0 Å². The SMILES string of the molecule is Cn1nc(-c2ccnnc2)cc1C(F)(F)F. The molecule has 0 aliphatic rings. The molecule has 2 rings (SSSR count). The van der Waals surface area contributed by atoms with Crippen molar-refractivity contribution in [2.24, 2.45) is 7.05 Å². The van der Waals surface area contributed by atoms with Gasteiger partial charge in [0.2, 0.25) is 0 Å². The normalized spacial score (nSPS) is 11.8. The van der Waals surface area contributed by atoms with Crippen LogP contribution in [0.15, 0.2) is 24.5 Å².